The molecule has 1 N–H and O–H groups in total. The summed E-state index contributed by atoms with van der Waals surface area (Å²) in [5.74, 6) is 0.0731. The number of amides is 1. The van der Waals surface area contributed by atoms with E-state index in [1.54, 1.807) is 0 Å². The number of hydrogen-bond acceptors (Lipinski definition) is 4. The van der Waals surface area contributed by atoms with Gasteiger partial charge in [0.1, 0.15) is 5.58 Å². The fraction of sp³-hybridized carbons (Fsp3) is 0.217. The molecule has 5 heteroatoms. The van der Waals surface area contributed by atoms with Crippen molar-refractivity contribution >= 4 is 33.3 Å². The number of anilines is 1. The second kappa shape index (κ2) is 7.24. The molecule has 0 bridgehead atoms. The number of rotatable bonds is 4. The highest BCUT2D eigenvalue weighted by atomic mass is 32.1. The normalized spacial score (nSPS) is 11.1. The summed E-state index contributed by atoms with van der Waals surface area (Å²) >= 11 is 1.47. The van der Waals surface area contributed by atoms with Gasteiger partial charge >= 0.3 is 0 Å². The van der Waals surface area contributed by atoms with Crippen LogP contribution in [0, 0.1) is 20.8 Å². The van der Waals surface area contributed by atoms with Gasteiger partial charge < -0.3 is 4.42 Å². The molecule has 142 valence electrons. The van der Waals surface area contributed by atoms with Gasteiger partial charge in [-0.1, -0.05) is 42.8 Å². The molecule has 0 saturated carbocycles. The van der Waals surface area contributed by atoms with Crippen LogP contribution in [0.3, 0.4) is 0 Å². The molecular weight excluding hydrogens is 368 g/mol. The Morgan fingerprint density at radius 2 is 1.86 bits per heavy atom. The minimum atomic E-state index is -0.268. The molecule has 0 radical (unpaired) electrons. The minimum Gasteiger partial charge on any atom is -0.451 e. The smallest absolute Gasteiger partial charge is 0.293 e. The van der Waals surface area contributed by atoms with Gasteiger partial charge in [0, 0.05) is 21.4 Å². The number of benzene rings is 2. The summed E-state index contributed by atoms with van der Waals surface area (Å²) in [6, 6.07) is 14.3. The number of carbonyl (C=O) groups excluding carboxylic acids is 1. The lowest BCUT2D eigenvalue weighted by Crippen LogP contribution is -2.11. The molecule has 0 atom stereocenters. The van der Waals surface area contributed by atoms with Crippen molar-refractivity contribution in [2.75, 3.05) is 5.32 Å². The molecule has 1 amide bonds. The van der Waals surface area contributed by atoms with Gasteiger partial charge in [0.25, 0.3) is 5.91 Å². The van der Waals surface area contributed by atoms with Crippen molar-refractivity contribution in [2.24, 2.45) is 0 Å². The quantitative estimate of drug-likeness (QED) is 0.445. The maximum Gasteiger partial charge on any atom is 0.293 e. The molecule has 0 fully saturated rings. The highest BCUT2D eigenvalue weighted by Gasteiger charge is 2.20. The Bertz CT molecular complexity index is 1170. The van der Waals surface area contributed by atoms with Crippen LogP contribution in [0.15, 0.2) is 46.9 Å². The van der Waals surface area contributed by atoms with Crippen LogP contribution >= 0.6 is 11.3 Å². The van der Waals surface area contributed by atoms with Crippen LogP contribution in [0.5, 0.6) is 0 Å². The van der Waals surface area contributed by atoms with Crippen LogP contribution in [0.4, 0.5) is 5.13 Å². The molecule has 0 saturated heterocycles. The van der Waals surface area contributed by atoms with Crippen LogP contribution in [-0.4, -0.2) is 10.9 Å². The van der Waals surface area contributed by atoms with E-state index in [0.29, 0.717) is 10.9 Å². The number of hydrogen-bond donors (Lipinski definition) is 1. The monoisotopic (exact) mass is 390 g/mol. The summed E-state index contributed by atoms with van der Waals surface area (Å²) in [5.41, 5.74) is 5.96. The van der Waals surface area contributed by atoms with Gasteiger partial charge in [0.15, 0.2) is 10.9 Å². The first-order valence-corrected chi connectivity index (χ1v) is 10.2. The van der Waals surface area contributed by atoms with Gasteiger partial charge in [-0.3, -0.25) is 10.1 Å². The van der Waals surface area contributed by atoms with Gasteiger partial charge in [0.05, 0.1) is 5.69 Å². The standard InChI is InChI=1S/C23H22N2O2S/c1-5-16-8-11-19-18(12-16)14(3)21(27-19)22(26)25-23-24-20(15(4)28-23)17-9-6-13(2)7-10-17/h6-12H,5H2,1-4H3,(H,24,25,26). The van der Waals surface area contributed by atoms with Crippen molar-refractivity contribution in [1.82, 2.24) is 4.98 Å². The Kier molecular flexibility index (Phi) is 4.77. The molecule has 4 rings (SSSR count). The largest absolute Gasteiger partial charge is 0.451 e. The van der Waals surface area contributed by atoms with E-state index in [1.165, 1.54) is 22.5 Å². The van der Waals surface area contributed by atoms with E-state index in [2.05, 4.69) is 54.5 Å². The van der Waals surface area contributed by atoms with E-state index in [4.69, 9.17) is 4.42 Å². The molecule has 0 aliphatic carbocycles. The molecule has 0 unspecified atom stereocenters. The number of aryl methyl sites for hydroxylation is 4. The van der Waals surface area contributed by atoms with Crippen molar-refractivity contribution in [2.45, 2.75) is 34.1 Å². The fourth-order valence-corrected chi connectivity index (χ4v) is 4.12. The first-order valence-electron chi connectivity index (χ1n) is 9.34. The molecular formula is C23H22N2O2S. The summed E-state index contributed by atoms with van der Waals surface area (Å²) in [4.78, 5) is 18.5. The summed E-state index contributed by atoms with van der Waals surface area (Å²) in [7, 11) is 0. The molecule has 2 heterocycles. The number of thiazole rings is 1. The maximum atomic E-state index is 12.8. The van der Waals surface area contributed by atoms with Crippen molar-refractivity contribution in [1.29, 1.82) is 0 Å². The Hall–Kier alpha value is -2.92. The van der Waals surface area contributed by atoms with Crippen molar-refractivity contribution < 1.29 is 9.21 Å². The molecule has 28 heavy (non-hydrogen) atoms. The Balaban J connectivity index is 1.62. The SMILES string of the molecule is CCc1ccc2oc(C(=O)Nc3nc(-c4ccc(C)cc4)c(C)s3)c(C)c2c1. The van der Waals surface area contributed by atoms with E-state index in [-0.39, 0.29) is 5.91 Å². The van der Waals surface area contributed by atoms with E-state index in [1.807, 2.05) is 26.0 Å². The van der Waals surface area contributed by atoms with Gasteiger partial charge in [-0.05, 0) is 44.9 Å². The van der Waals surface area contributed by atoms with Crippen LogP contribution < -0.4 is 5.32 Å². The van der Waals surface area contributed by atoms with Crippen molar-refractivity contribution in [3.63, 3.8) is 0 Å². The fourth-order valence-electron chi connectivity index (χ4n) is 3.29. The number of fused-ring (bicyclic) bond motifs is 1. The van der Waals surface area contributed by atoms with Crippen LogP contribution in [0.1, 0.15) is 39.0 Å². The van der Waals surface area contributed by atoms with Crippen molar-refractivity contribution in [3.05, 3.63) is 69.8 Å². The molecule has 4 nitrogen and oxygen atoms in total. The third-order valence-electron chi connectivity index (χ3n) is 4.96. The van der Waals surface area contributed by atoms with E-state index in [9.17, 15) is 4.79 Å². The molecule has 0 spiro atoms. The zero-order valence-electron chi connectivity index (χ0n) is 16.4. The predicted octanol–water partition coefficient (Wildman–Crippen LogP) is 6.30. The molecule has 2 aromatic carbocycles. The van der Waals surface area contributed by atoms with Gasteiger partial charge in [-0.15, -0.1) is 11.3 Å². The van der Waals surface area contributed by atoms with Crippen LogP contribution in [-0.2, 0) is 6.42 Å². The lowest BCUT2D eigenvalue weighted by molar-refractivity contribution is 0.0998. The summed E-state index contributed by atoms with van der Waals surface area (Å²) in [6.07, 6.45) is 0.947. The maximum absolute atomic E-state index is 12.8. The van der Waals surface area contributed by atoms with Crippen molar-refractivity contribution in [3.8, 4) is 11.3 Å². The average molecular weight is 391 g/mol. The van der Waals surface area contributed by atoms with E-state index < -0.39 is 0 Å². The minimum absolute atomic E-state index is 0.268. The Morgan fingerprint density at radius 1 is 1.11 bits per heavy atom. The number of aromatic nitrogens is 1. The Labute approximate surface area is 168 Å². The first kappa shape index (κ1) is 18.4. The second-order valence-corrected chi connectivity index (χ2v) is 8.19. The number of nitrogens with zero attached hydrogens (tertiary/aromatic N) is 1. The lowest BCUT2D eigenvalue weighted by atomic mass is 10.1. The highest BCUT2D eigenvalue weighted by Crippen LogP contribution is 2.32. The van der Waals surface area contributed by atoms with E-state index >= 15 is 0 Å². The first-order chi connectivity index (χ1) is 13.5. The van der Waals surface area contributed by atoms with Gasteiger partial charge in [-0.25, -0.2) is 4.98 Å². The topological polar surface area (TPSA) is 55.1 Å². The predicted molar refractivity (Wildman–Crippen MR) is 115 cm³/mol. The number of carbonyl (C=O) groups is 1. The summed E-state index contributed by atoms with van der Waals surface area (Å²) in [5, 5.41) is 4.47. The Morgan fingerprint density at radius 3 is 2.57 bits per heavy atom. The molecule has 0 aliphatic heterocycles. The van der Waals surface area contributed by atoms with Gasteiger partial charge in [0.2, 0.25) is 0 Å². The molecule has 2 aromatic heterocycles. The third kappa shape index (κ3) is 3.34. The zero-order chi connectivity index (χ0) is 19.8. The molecule has 4 aromatic rings. The summed E-state index contributed by atoms with van der Waals surface area (Å²) < 4.78 is 5.83. The van der Waals surface area contributed by atoms with Gasteiger partial charge in [-0.2, -0.15) is 0 Å². The average Bonchev–Trinajstić information content (AvgIpc) is 3.22. The van der Waals surface area contributed by atoms with E-state index in [0.717, 1.165) is 39.1 Å². The summed E-state index contributed by atoms with van der Waals surface area (Å²) in [6.45, 7) is 8.11. The number of furan rings is 1. The van der Waals surface area contributed by atoms with Crippen LogP contribution in [0.2, 0.25) is 0 Å². The van der Waals surface area contributed by atoms with Crippen LogP contribution in [0.25, 0.3) is 22.2 Å². The third-order valence-corrected chi connectivity index (χ3v) is 5.84. The zero-order valence-corrected chi connectivity index (χ0v) is 17.2. The highest BCUT2D eigenvalue weighted by molar-refractivity contribution is 7.16. The second-order valence-electron chi connectivity index (χ2n) is 6.98. The number of nitrogens with one attached hydrogen (secondary N) is 1. The lowest BCUT2D eigenvalue weighted by Gasteiger charge is -2.00. The molecule has 0 aliphatic rings.